The third-order valence-corrected chi connectivity index (χ3v) is 4.56. The summed E-state index contributed by atoms with van der Waals surface area (Å²) < 4.78 is 16.9. The lowest BCUT2D eigenvalue weighted by Gasteiger charge is -2.37. The van der Waals surface area contributed by atoms with E-state index in [1.807, 2.05) is 24.3 Å². The van der Waals surface area contributed by atoms with Crippen LogP contribution in [-0.2, 0) is 9.47 Å². The van der Waals surface area contributed by atoms with Crippen LogP contribution in [0.25, 0.3) is 0 Å². The Balaban J connectivity index is 1.46. The van der Waals surface area contributed by atoms with Crippen molar-refractivity contribution in [3.63, 3.8) is 0 Å². The maximum absolute atomic E-state index is 5.77. The molecule has 8 nitrogen and oxygen atoms in total. The van der Waals surface area contributed by atoms with Crippen molar-refractivity contribution in [3.8, 4) is 5.75 Å². The van der Waals surface area contributed by atoms with Gasteiger partial charge in [0.05, 0.1) is 32.2 Å². The maximum Gasteiger partial charge on any atom is 0.249 e. The molecule has 2 saturated heterocycles. The van der Waals surface area contributed by atoms with E-state index >= 15 is 0 Å². The zero-order valence-corrected chi connectivity index (χ0v) is 14.1. The Kier molecular flexibility index (Phi) is 4.37. The highest BCUT2D eigenvalue weighted by Crippen LogP contribution is 2.33. The Morgan fingerprint density at radius 2 is 1.92 bits per heavy atom. The fraction of sp³-hybridized carbons (Fsp3) is 0.471. The number of nitrogens with zero attached hydrogens (tertiary/aromatic N) is 4. The SMILES string of the molecule is COc1ccccc1Nc1nncc(N2CCC3(CC2)OCCO3)n1. The first-order valence-corrected chi connectivity index (χ1v) is 8.41. The number of aromatic nitrogens is 3. The van der Waals surface area contributed by atoms with Crippen LogP contribution in [0.1, 0.15) is 12.8 Å². The van der Waals surface area contributed by atoms with Gasteiger partial charge in [-0.3, -0.25) is 0 Å². The van der Waals surface area contributed by atoms with Gasteiger partial charge >= 0.3 is 0 Å². The van der Waals surface area contributed by atoms with Gasteiger partial charge in [0.2, 0.25) is 5.95 Å². The molecule has 0 atom stereocenters. The van der Waals surface area contributed by atoms with Gasteiger partial charge in [-0.15, -0.1) is 5.10 Å². The molecule has 4 rings (SSSR count). The summed E-state index contributed by atoms with van der Waals surface area (Å²) in [6, 6.07) is 7.63. The first kappa shape index (κ1) is 16.0. The van der Waals surface area contributed by atoms with E-state index in [9.17, 15) is 0 Å². The summed E-state index contributed by atoms with van der Waals surface area (Å²) in [7, 11) is 1.63. The van der Waals surface area contributed by atoms with E-state index in [-0.39, 0.29) is 0 Å². The quantitative estimate of drug-likeness (QED) is 0.902. The number of para-hydroxylation sites is 2. The van der Waals surface area contributed by atoms with Crippen LogP contribution < -0.4 is 15.0 Å². The van der Waals surface area contributed by atoms with Gasteiger partial charge in [0.1, 0.15) is 5.75 Å². The molecule has 2 aromatic rings. The molecule has 0 unspecified atom stereocenters. The molecule has 0 bridgehead atoms. The predicted octanol–water partition coefficient (Wildman–Crippen LogP) is 1.97. The lowest BCUT2D eigenvalue weighted by Crippen LogP contribution is -2.45. The third-order valence-electron chi connectivity index (χ3n) is 4.56. The van der Waals surface area contributed by atoms with E-state index in [1.165, 1.54) is 0 Å². The van der Waals surface area contributed by atoms with Gasteiger partial charge in [0, 0.05) is 25.9 Å². The fourth-order valence-electron chi connectivity index (χ4n) is 3.23. The van der Waals surface area contributed by atoms with E-state index in [0.717, 1.165) is 43.2 Å². The van der Waals surface area contributed by atoms with Crippen molar-refractivity contribution in [3.05, 3.63) is 30.5 Å². The minimum Gasteiger partial charge on any atom is -0.495 e. The van der Waals surface area contributed by atoms with Crippen molar-refractivity contribution < 1.29 is 14.2 Å². The van der Waals surface area contributed by atoms with Gasteiger partial charge in [0.15, 0.2) is 11.6 Å². The van der Waals surface area contributed by atoms with E-state index < -0.39 is 5.79 Å². The van der Waals surface area contributed by atoms with Crippen molar-refractivity contribution in [2.24, 2.45) is 0 Å². The average Bonchev–Trinajstić information content (AvgIpc) is 3.11. The van der Waals surface area contributed by atoms with E-state index in [4.69, 9.17) is 14.2 Å². The van der Waals surface area contributed by atoms with Crippen LogP contribution in [0.2, 0.25) is 0 Å². The molecule has 0 saturated carbocycles. The lowest BCUT2D eigenvalue weighted by atomic mass is 10.0. The number of piperidine rings is 1. The van der Waals surface area contributed by atoms with E-state index in [1.54, 1.807) is 13.3 Å². The van der Waals surface area contributed by atoms with Crippen LogP contribution in [0.4, 0.5) is 17.5 Å². The molecular weight excluding hydrogens is 322 g/mol. The Morgan fingerprint density at radius 1 is 1.16 bits per heavy atom. The van der Waals surface area contributed by atoms with Gasteiger partial charge in [-0.2, -0.15) is 10.1 Å². The molecule has 1 N–H and O–H groups in total. The van der Waals surface area contributed by atoms with Gasteiger partial charge in [-0.05, 0) is 12.1 Å². The van der Waals surface area contributed by atoms with E-state index in [0.29, 0.717) is 19.2 Å². The van der Waals surface area contributed by atoms with Crippen LogP contribution in [0, 0.1) is 0 Å². The molecular formula is C17H21N5O3. The van der Waals surface area contributed by atoms with Crippen LogP contribution in [-0.4, -0.2) is 54.4 Å². The minimum absolute atomic E-state index is 0.393. The van der Waals surface area contributed by atoms with Gasteiger partial charge in [-0.1, -0.05) is 12.1 Å². The summed E-state index contributed by atoms with van der Waals surface area (Å²) >= 11 is 0. The van der Waals surface area contributed by atoms with Crippen molar-refractivity contribution in [1.29, 1.82) is 0 Å². The van der Waals surface area contributed by atoms with Crippen molar-refractivity contribution in [2.45, 2.75) is 18.6 Å². The lowest BCUT2D eigenvalue weighted by molar-refractivity contribution is -0.169. The number of hydrogen-bond acceptors (Lipinski definition) is 8. The average molecular weight is 343 g/mol. The summed E-state index contributed by atoms with van der Waals surface area (Å²) in [6.07, 6.45) is 3.33. The maximum atomic E-state index is 5.77. The summed E-state index contributed by atoms with van der Waals surface area (Å²) in [5.74, 6) is 1.57. The number of nitrogens with one attached hydrogen (secondary N) is 1. The second-order valence-corrected chi connectivity index (χ2v) is 6.06. The molecule has 0 aliphatic carbocycles. The Labute approximate surface area is 146 Å². The number of benzene rings is 1. The Morgan fingerprint density at radius 3 is 2.68 bits per heavy atom. The molecule has 1 aromatic heterocycles. The highest BCUT2D eigenvalue weighted by atomic mass is 16.7. The molecule has 1 spiro atoms. The molecule has 3 heterocycles. The molecule has 0 amide bonds. The van der Waals surface area contributed by atoms with Gasteiger partial charge in [-0.25, -0.2) is 0 Å². The molecule has 25 heavy (non-hydrogen) atoms. The van der Waals surface area contributed by atoms with Crippen LogP contribution in [0.5, 0.6) is 5.75 Å². The topological polar surface area (TPSA) is 81.6 Å². The van der Waals surface area contributed by atoms with Crippen LogP contribution >= 0.6 is 0 Å². The second kappa shape index (κ2) is 6.81. The Bertz CT molecular complexity index is 726. The standard InChI is InChI=1S/C17H21N5O3/c1-23-14-5-3-2-4-13(14)19-16-20-15(12-18-21-16)22-8-6-17(7-9-22)24-10-11-25-17/h2-5,12H,6-11H2,1H3,(H,19,20,21). The van der Waals surface area contributed by atoms with Crippen molar-refractivity contribution in [1.82, 2.24) is 15.2 Å². The second-order valence-electron chi connectivity index (χ2n) is 6.06. The normalized spacial score (nSPS) is 19.2. The highest BCUT2D eigenvalue weighted by molar-refractivity contribution is 5.62. The van der Waals surface area contributed by atoms with Gasteiger partial charge < -0.3 is 24.4 Å². The molecule has 0 radical (unpaired) electrons. The zero-order valence-electron chi connectivity index (χ0n) is 14.1. The first-order valence-electron chi connectivity index (χ1n) is 8.41. The minimum atomic E-state index is -0.393. The Hall–Kier alpha value is -2.45. The molecule has 2 fully saturated rings. The predicted molar refractivity (Wildman–Crippen MR) is 92.2 cm³/mol. The smallest absolute Gasteiger partial charge is 0.249 e. The number of hydrogen-bond donors (Lipinski definition) is 1. The van der Waals surface area contributed by atoms with Gasteiger partial charge in [0.25, 0.3) is 0 Å². The third kappa shape index (κ3) is 3.35. The van der Waals surface area contributed by atoms with Crippen LogP contribution in [0.3, 0.4) is 0 Å². The molecule has 132 valence electrons. The summed E-state index contributed by atoms with van der Waals surface area (Å²) in [5, 5.41) is 11.3. The first-order chi connectivity index (χ1) is 12.3. The largest absolute Gasteiger partial charge is 0.495 e. The summed E-state index contributed by atoms with van der Waals surface area (Å²) in [5.41, 5.74) is 0.800. The highest BCUT2D eigenvalue weighted by Gasteiger charge is 2.40. The molecule has 2 aliphatic heterocycles. The fourth-order valence-corrected chi connectivity index (χ4v) is 3.23. The van der Waals surface area contributed by atoms with E-state index in [2.05, 4.69) is 25.4 Å². The summed E-state index contributed by atoms with van der Waals surface area (Å²) in [6.45, 7) is 2.99. The molecule has 8 heteroatoms. The van der Waals surface area contributed by atoms with Crippen molar-refractivity contribution >= 4 is 17.5 Å². The zero-order chi connectivity index (χ0) is 17.1. The summed E-state index contributed by atoms with van der Waals surface area (Å²) in [4.78, 5) is 6.77. The molecule has 2 aliphatic rings. The monoisotopic (exact) mass is 343 g/mol. The number of rotatable bonds is 4. The van der Waals surface area contributed by atoms with Crippen molar-refractivity contribution in [2.75, 3.05) is 43.6 Å². The number of ether oxygens (including phenoxy) is 3. The van der Waals surface area contributed by atoms with Crippen LogP contribution in [0.15, 0.2) is 30.5 Å². The molecule has 1 aromatic carbocycles. The number of anilines is 3. The number of methoxy groups -OCH3 is 1.